The van der Waals surface area contributed by atoms with Crippen molar-refractivity contribution in [2.45, 2.75) is 12.6 Å². The molecule has 0 unspecified atom stereocenters. The van der Waals surface area contributed by atoms with E-state index in [1.807, 2.05) is 78.9 Å². The van der Waals surface area contributed by atoms with E-state index >= 15 is 0 Å². The third kappa shape index (κ3) is 5.45. The molecular formula is C24H24N2O3. The number of hydrogen-bond acceptors (Lipinski definition) is 3. The second-order valence-corrected chi connectivity index (χ2v) is 6.54. The SMILES string of the molecule is CNC(=O)[C@@H](c1ccccc1)N(Cc1ccccc1)C(=O)COc1ccccc1. The molecule has 29 heavy (non-hydrogen) atoms. The number of carbonyl (C=O) groups excluding carboxylic acids is 2. The van der Waals surface area contributed by atoms with Gasteiger partial charge in [-0.3, -0.25) is 9.59 Å². The molecule has 1 N–H and O–H groups in total. The van der Waals surface area contributed by atoms with Gasteiger partial charge in [-0.05, 0) is 23.3 Å². The standard InChI is InChI=1S/C24H24N2O3/c1-25-24(28)23(20-13-7-3-8-14-20)26(17-19-11-5-2-6-12-19)22(27)18-29-21-15-9-4-10-16-21/h2-16,23H,17-18H2,1H3,(H,25,28)/t23-/m1/s1. The number of amides is 2. The lowest BCUT2D eigenvalue weighted by atomic mass is 10.0. The Labute approximate surface area is 170 Å². The number of para-hydroxylation sites is 1. The number of ether oxygens (including phenoxy) is 1. The van der Waals surface area contributed by atoms with Gasteiger partial charge in [0.1, 0.15) is 11.8 Å². The van der Waals surface area contributed by atoms with Crippen LogP contribution in [0.15, 0.2) is 91.0 Å². The van der Waals surface area contributed by atoms with Gasteiger partial charge in [0.05, 0.1) is 0 Å². The number of nitrogens with one attached hydrogen (secondary N) is 1. The molecule has 0 aliphatic rings. The molecule has 0 aromatic heterocycles. The Bertz CT molecular complexity index is 915. The molecule has 3 aromatic carbocycles. The van der Waals surface area contributed by atoms with Crippen LogP contribution in [0.1, 0.15) is 17.2 Å². The van der Waals surface area contributed by atoms with Crippen LogP contribution in [-0.4, -0.2) is 30.4 Å². The zero-order chi connectivity index (χ0) is 20.5. The predicted octanol–water partition coefficient (Wildman–Crippen LogP) is 3.58. The van der Waals surface area contributed by atoms with Gasteiger partial charge >= 0.3 is 0 Å². The summed E-state index contributed by atoms with van der Waals surface area (Å²) in [6, 6.07) is 27.3. The summed E-state index contributed by atoms with van der Waals surface area (Å²) in [5, 5.41) is 2.68. The molecule has 5 heteroatoms. The Hall–Kier alpha value is -3.60. The summed E-state index contributed by atoms with van der Waals surface area (Å²) in [7, 11) is 1.57. The highest BCUT2D eigenvalue weighted by Gasteiger charge is 2.31. The monoisotopic (exact) mass is 388 g/mol. The Balaban J connectivity index is 1.89. The van der Waals surface area contributed by atoms with E-state index in [1.54, 1.807) is 24.1 Å². The summed E-state index contributed by atoms with van der Waals surface area (Å²) >= 11 is 0. The fourth-order valence-corrected chi connectivity index (χ4v) is 3.09. The van der Waals surface area contributed by atoms with E-state index < -0.39 is 6.04 Å². The number of likely N-dealkylation sites (N-methyl/N-ethyl adjacent to an activating group) is 1. The summed E-state index contributed by atoms with van der Waals surface area (Å²) in [5.41, 5.74) is 1.68. The highest BCUT2D eigenvalue weighted by Crippen LogP contribution is 2.24. The molecule has 0 saturated carbocycles. The number of carbonyl (C=O) groups is 2. The highest BCUT2D eigenvalue weighted by molar-refractivity contribution is 5.89. The quantitative estimate of drug-likeness (QED) is 0.642. The van der Waals surface area contributed by atoms with E-state index in [4.69, 9.17) is 4.74 Å². The van der Waals surface area contributed by atoms with Gasteiger partial charge in [0.15, 0.2) is 6.61 Å². The van der Waals surface area contributed by atoms with Gasteiger partial charge in [0.2, 0.25) is 5.91 Å². The van der Waals surface area contributed by atoms with Gasteiger partial charge < -0.3 is 15.0 Å². The molecule has 1 atom stereocenters. The van der Waals surface area contributed by atoms with Gasteiger partial charge in [-0.2, -0.15) is 0 Å². The number of benzene rings is 3. The lowest BCUT2D eigenvalue weighted by molar-refractivity contribution is -0.143. The van der Waals surface area contributed by atoms with Crippen molar-refractivity contribution in [3.05, 3.63) is 102 Å². The number of nitrogens with zero attached hydrogens (tertiary/aromatic N) is 1. The summed E-state index contributed by atoms with van der Waals surface area (Å²) in [5.74, 6) is 0.0899. The normalized spacial score (nSPS) is 11.3. The average Bonchev–Trinajstić information content (AvgIpc) is 2.79. The van der Waals surface area contributed by atoms with Crippen LogP contribution in [0.5, 0.6) is 5.75 Å². The molecule has 3 rings (SSSR count). The molecule has 0 radical (unpaired) electrons. The maximum atomic E-state index is 13.2. The van der Waals surface area contributed by atoms with Crippen molar-refractivity contribution in [2.75, 3.05) is 13.7 Å². The first-order valence-corrected chi connectivity index (χ1v) is 9.47. The Morgan fingerprint density at radius 1 is 0.862 bits per heavy atom. The van der Waals surface area contributed by atoms with E-state index in [0.717, 1.165) is 11.1 Å². The third-order valence-electron chi connectivity index (χ3n) is 4.54. The van der Waals surface area contributed by atoms with Crippen molar-refractivity contribution in [3.63, 3.8) is 0 Å². The summed E-state index contributed by atoms with van der Waals surface area (Å²) in [4.78, 5) is 27.5. The van der Waals surface area contributed by atoms with E-state index in [9.17, 15) is 9.59 Å². The number of hydrogen-bond donors (Lipinski definition) is 1. The number of rotatable bonds is 8. The topological polar surface area (TPSA) is 58.6 Å². The van der Waals surface area contributed by atoms with Gasteiger partial charge in [0, 0.05) is 13.6 Å². The van der Waals surface area contributed by atoms with Crippen molar-refractivity contribution in [1.29, 1.82) is 0 Å². The van der Waals surface area contributed by atoms with E-state index in [0.29, 0.717) is 12.3 Å². The zero-order valence-corrected chi connectivity index (χ0v) is 16.3. The van der Waals surface area contributed by atoms with Gasteiger partial charge in [-0.15, -0.1) is 0 Å². The van der Waals surface area contributed by atoms with Crippen LogP contribution in [0.4, 0.5) is 0 Å². The average molecular weight is 388 g/mol. The lowest BCUT2D eigenvalue weighted by Crippen LogP contribution is -2.44. The predicted molar refractivity (Wildman–Crippen MR) is 112 cm³/mol. The van der Waals surface area contributed by atoms with Crippen LogP contribution in [0, 0.1) is 0 Å². The maximum Gasteiger partial charge on any atom is 0.261 e. The minimum absolute atomic E-state index is 0.156. The summed E-state index contributed by atoms with van der Waals surface area (Å²) < 4.78 is 5.66. The van der Waals surface area contributed by atoms with Crippen LogP contribution in [0.25, 0.3) is 0 Å². The lowest BCUT2D eigenvalue weighted by Gasteiger charge is -2.31. The molecule has 0 aliphatic heterocycles. The van der Waals surface area contributed by atoms with Crippen LogP contribution < -0.4 is 10.1 Å². The molecule has 0 saturated heterocycles. The molecule has 5 nitrogen and oxygen atoms in total. The molecule has 0 spiro atoms. The smallest absolute Gasteiger partial charge is 0.261 e. The second kappa shape index (κ2) is 10.1. The van der Waals surface area contributed by atoms with Crippen LogP contribution in [0.3, 0.4) is 0 Å². The van der Waals surface area contributed by atoms with E-state index in [1.165, 1.54) is 0 Å². The minimum atomic E-state index is -0.756. The molecule has 2 amide bonds. The van der Waals surface area contributed by atoms with Crippen LogP contribution in [-0.2, 0) is 16.1 Å². The molecule has 0 heterocycles. The van der Waals surface area contributed by atoms with Crippen LogP contribution in [0.2, 0.25) is 0 Å². The molecule has 0 aliphatic carbocycles. The van der Waals surface area contributed by atoms with Crippen molar-refractivity contribution in [3.8, 4) is 5.75 Å². The first-order chi connectivity index (χ1) is 14.2. The molecular weight excluding hydrogens is 364 g/mol. The molecule has 0 fully saturated rings. The maximum absolute atomic E-state index is 13.2. The Kier molecular flexibility index (Phi) is 7.00. The largest absolute Gasteiger partial charge is 0.484 e. The van der Waals surface area contributed by atoms with Crippen LogP contribution >= 0.6 is 0 Å². The van der Waals surface area contributed by atoms with Crippen molar-refractivity contribution in [1.82, 2.24) is 10.2 Å². The van der Waals surface area contributed by atoms with Crippen molar-refractivity contribution in [2.24, 2.45) is 0 Å². The fourth-order valence-electron chi connectivity index (χ4n) is 3.09. The Morgan fingerprint density at radius 3 is 2.00 bits per heavy atom. The van der Waals surface area contributed by atoms with Crippen molar-refractivity contribution < 1.29 is 14.3 Å². The van der Waals surface area contributed by atoms with Gasteiger partial charge in [-0.1, -0.05) is 78.9 Å². The summed E-state index contributed by atoms with van der Waals surface area (Å²) in [6.07, 6.45) is 0. The highest BCUT2D eigenvalue weighted by atomic mass is 16.5. The molecule has 3 aromatic rings. The molecule has 0 bridgehead atoms. The van der Waals surface area contributed by atoms with E-state index in [-0.39, 0.29) is 18.4 Å². The first kappa shape index (κ1) is 20.1. The molecule has 148 valence electrons. The van der Waals surface area contributed by atoms with Gasteiger partial charge in [0.25, 0.3) is 5.91 Å². The zero-order valence-electron chi connectivity index (χ0n) is 16.3. The van der Waals surface area contributed by atoms with Crippen molar-refractivity contribution >= 4 is 11.8 Å². The fraction of sp³-hybridized carbons (Fsp3) is 0.167. The first-order valence-electron chi connectivity index (χ1n) is 9.47. The van der Waals surface area contributed by atoms with E-state index in [2.05, 4.69) is 5.32 Å². The minimum Gasteiger partial charge on any atom is -0.484 e. The van der Waals surface area contributed by atoms with Gasteiger partial charge in [-0.25, -0.2) is 0 Å². The second-order valence-electron chi connectivity index (χ2n) is 6.54. The third-order valence-corrected chi connectivity index (χ3v) is 4.54. The Morgan fingerprint density at radius 2 is 1.41 bits per heavy atom. The summed E-state index contributed by atoms with van der Waals surface area (Å²) in [6.45, 7) is 0.141.